The third-order valence-corrected chi connectivity index (χ3v) is 11.0. The molecule has 1 radical (unpaired) electrons. The Morgan fingerprint density at radius 2 is 1.12 bits per heavy atom. The Balaban J connectivity index is 1.02. The number of benzene rings is 6. The van der Waals surface area contributed by atoms with Crippen LogP contribution in [-0.2, 0) is 23.0 Å². The molecular formula is C44H42N5O9S. The SMILES string of the molecule is Cc1ccc(N([N]c2c([N+](=O)[O-])cc([N+](=O)[O-])cc2[N+](=O)[O-])c2ccc(CCCCCCCCc3ccc4c(-c5ccc(S(=O)(=O)O)cc5)cc(C)cc4c3)cc2)cc1. The van der Waals surface area contributed by atoms with E-state index < -0.39 is 47.6 Å². The van der Waals surface area contributed by atoms with Crippen LogP contribution in [0, 0.1) is 44.2 Å². The number of hydrogen-bond donors (Lipinski definition) is 1. The second kappa shape index (κ2) is 18.3. The van der Waals surface area contributed by atoms with E-state index in [1.165, 1.54) is 22.7 Å². The van der Waals surface area contributed by atoms with Crippen LogP contribution in [0.25, 0.3) is 21.9 Å². The monoisotopic (exact) mass is 816 g/mol. The largest absolute Gasteiger partial charge is 0.310 e. The fraction of sp³-hybridized carbons (Fsp3) is 0.227. The van der Waals surface area contributed by atoms with E-state index in [2.05, 4.69) is 35.8 Å². The first-order valence-electron chi connectivity index (χ1n) is 19.1. The molecule has 303 valence electrons. The van der Waals surface area contributed by atoms with Crippen LogP contribution in [0.3, 0.4) is 0 Å². The molecule has 0 atom stereocenters. The van der Waals surface area contributed by atoms with Gasteiger partial charge in [-0.15, -0.1) is 0 Å². The molecule has 6 aromatic rings. The van der Waals surface area contributed by atoms with Crippen molar-refractivity contribution in [3.05, 3.63) is 168 Å². The van der Waals surface area contributed by atoms with Crippen LogP contribution in [0.2, 0.25) is 0 Å². The van der Waals surface area contributed by atoms with Crippen LogP contribution in [-0.4, -0.2) is 27.7 Å². The summed E-state index contributed by atoms with van der Waals surface area (Å²) < 4.78 is 32.3. The first kappa shape index (κ1) is 41.9. The molecule has 15 heteroatoms. The van der Waals surface area contributed by atoms with Gasteiger partial charge in [-0.3, -0.25) is 34.9 Å². The summed E-state index contributed by atoms with van der Waals surface area (Å²) in [4.78, 5) is 32.4. The molecule has 0 aliphatic carbocycles. The van der Waals surface area contributed by atoms with E-state index in [-0.39, 0.29) is 4.90 Å². The molecule has 1 N–H and O–H groups in total. The van der Waals surface area contributed by atoms with E-state index in [1.54, 1.807) is 36.4 Å². The molecule has 0 aromatic heterocycles. The number of nitro benzene ring substituents is 3. The summed E-state index contributed by atoms with van der Waals surface area (Å²) in [7, 11) is -4.26. The molecule has 0 aliphatic heterocycles. The zero-order valence-electron chi connectivity index (χ0n) is 32.5. The summed E-state index contributed by atoms with van der Waals surface area (Å²) >= 11 is 0. The van der Waals surface area contributed by atoms with Gasteiger partial charge in [-0.1, -0.05) is 98.0 Å². The summed E-state index contributed by atoms with van der Waals surface area (Å²) in [5.41, 5.74) is 8.52. The van der Waals surface area contributed by atoms with E-state index in [9.17, 15) is 43.3 Å². The highest BCUT2D eigenvalue weighted by Gasteiger charge is 2.33. The Bertz CT molecular complexity index is 2580. The number of rotatable bonds is 18. The quantitative estimate of drug-likeness (QED) is 0.0376. The van der Waals surface area contributed by atoms with Crippen molar-refractivity contribution in [1.29, 1.82) is 0 Å². The topological polar surface area (TPSA) is 201 Å². The minimum atomic E-state index is -4.26. The molecule has 0 saturated carbocycles. The summed E-state index contributed by atoms with van der Waals surface area (Å²) in [6.45, 7) is 3.92. The Labute approximate surface area is 341 Å². The first-order chi connectivity index (χ1) is 28.2. The molecule has 0 unspecified atom stereocenters. The zero-order chi connectivity index (χ0) is 42.3. The smallest absolute Gasteiger partial charge is 0.282 e. The van der Waals surface area contributed by atoms with Crippen molar-refractivity contribution in [3.63, 3.8) is 0 Å². The van der Waals surface area contributed by atoms with Gasteiger partial charge in [0.15, 0.2) is 0 Å². The molecule has 0 saturated heterocycles. The van der Waals surface area contributed by atoms with Crippen LogP contribution in [0.1, 0.15) is 60.8 Å². The van der Waals surface area contributed by atoms with Crippen molar-refractivity contribution >= 4 is 55.0 Å². The first-order valence-corrected chi connectivity index (χ1v) is 20.5. The lowest BCUT2D eigenvalue weighted by atomic mass is 9.94. The minimum Gasteiger partial charge on any atom is -0.282 e. The van der Waals surface area contributed by atoms with Gasteiger partial charge in [0.05, 0.1) is 43.2 Å². The predicted octanol–water partition coefficient (Wildman–Crippen LogP) is 11.2. The van der Waals surface area contributed by atoms with E-state index >= 15 is 0 Å². The maximum atomic E-state index is 12.0. The van der Waals surface area contributed by atoms with E-state index in [0.29, 0.717) is 23.5 Å². The third-order valence-electron chi connectivity index (χ3n) is 10.1. The van der Waals surface area contributed by atoms with Crippen molar-refractivity contribution in [2.45, 2.75) is 70.1 Å². The lowest BCUT2D eigenvalue weighted by Crippen LogP contribution is -2.24. The van der Waals surface area contributed by atoms with Gasteiger partial charge in [-0.05, 0) is 115 Å². The number of hydrogen-bond acceptors (Lipinski definition) is 9. The van der Waals surface area contributed by atoms with Crippen LogP contribution in [0.15, 0.2) is 120 Å². The Morgan fingerprint density at radius 1 is 0.593 bits per heavy atom. The van der Waals surface area contributed by atoms with Crippen molar-refractivity contribution < 1.29 is 27.7 Å². The van der Waals surface area contributed by atoms with Crippen LogP contribution in [0.5, 0.6) is 0 Å². The van der Waals surface area contributed by atoms with Crippen molar-refractivity contribution in [3.8, 4) is 11.1 Å². The number of nitro groups is 3. The summed E-state index contributed by atoms with van der Waals surface area (Å²) in [5.74, 6) is 0. The van der Waals surface area contributed by atoms with Gasteiger partial charge in [0.1, 0.15) is 0 Å². The summed E-state index contributed by atoms with van der Waals surface area (Å²) in [6.07, 6.45) is 8.23. The molecule has 14 nitrogen and oxygen atoms in total. The molecule has 0 amide bonds. The maximum absolute atomic E-state index is 12.0. The zero-order valence-corrected chi connectivity index (χ0v) is 33.3. The molecule has 6 aromatic carbocycles. The van der Waals surface area contributed by atoms with Gasteiger partial charge >= 0.3 is 11.4 Å². The lowest BCUT2D eigenvalue weighted by Gasteiger charge is -2.24. The average molecular weight is 817 g/mol. The summed E-state index contributed by atoms with van der Waals surface area (Å²) in [6, 6.07) is 32.9. The van der Waals surface area contributed by atoms with Crippen molar-refractivity contribution in [1.82, 2.24) is 5.43 Å². The van der Waals surface area contributed by atoms with Gasteiger partial charge in [0.25, 0.3) is 15.8 Å². The standard InChI is InChI=1S/C44H42N5O9S/c1-30-11-18-36(19-12-30)46(45-44-42(48(52)53)28-38(47(50)51)29-43(44)49(54)55)37-20-13-32(14-21-37)9-7-5-3-4-6-8-10-33-15-24-40-35(27-33)25-31(2)26-41(40)34-16-22-39(23-17-34)59(56,57)58/h11-29H,3-10H2,1-2H3,(H,56,57,58). The normalized spacial score (nSPS) is 11.4. The molecule has 0 bridgehead atoms. The van der Waals surface area contributed by atoms with Crippen LogP contribution >= 0.6 is 0 Å². The number of unbranched alkanes of at least 4 members (excludes halogenated alkanes) is 5. The number of fused-ring (bicyclic) bond motifs is 1. The molecule has 0 aliphatic rings. The number of nitrogens with zero attached hydrogens (tertiary/aromatic N) is 5. The molecule has 59 heavy (non-hydrogen) atoms. The van der Waals surface area contributed by atoms with Gasteiger partial charge in [0, 0.05) is 0 Å². The Morgan fingerprint density at radius 3 is 1.66 bits per heavy atom. The van der Waals surface area contributed by atoms with E-state index in [4.69, 9.17) is 0 Å². The fourth-order valence-corrected chi connectivity index (χ4v) is 7.55. The lowest BCUT2D eigenvalue weighted by molar-refractivity contribution is -0.402. The predicted molar refractivity (Wildman–Crippen MR) is 227 cm³/mol. The Kier molecular flexibility index (Phi) is 13.0. The van der Waals surface area contributed by atoms with Crippen LogP contribution < -0.4 is 10.4 Å². The van der Waals surface area contributed by atoms with E-state index in [0.717, 1.165) is 90.0 Å². The van der Waals surface area contributed by atoms with Gasteiger partial charge in [-0.2, -0.15) is 13.8 Å². The van der Waals surface area contributed by atoms with Crippen molar-refractivity contribution in [2.75, 3.05) is 5.01 Å². The third kappa shape index (κ3) is 10.4. The molecular weight excluding hydrogens is 775 g/mol. The van der Waals surface area contributed by atoms with Gasteiger partial charge in [0.2, 0.25) is 5.69 Å². The Hall–Kier alpha value is -6.71. The average Bonchev–Trinajstić information content (AvgIpc) is 3.20. The number of aryl methyl sites for hydroxylation is 4. The highest BCUT2D eigenvalue weighted by atomic mass is 32.2. The van der Waals surface area contributed by atoms with Gasteiger partial charge in [-0.25, -0.2) is 5.01 Å². The van der Waals surface area contributed by atoms with Crippen molar-refractivity contribution in [2.24, 2.45) is 0 Å². The highest BCUT2D eigenvalue weighted by Crippen LogP contribution is 2.41. The van der Waals surface area contributed by atoms with Crippen LogP contribution in [0.4, 0.5) is 34.1 Å². The number of anilines is 2. The number of non-ortho nitro benzene ring substituents is 1. The second-order valence-corrected chi connectivity index (χ2v) is 15.9. The maximum Gasteiger partial charge on any atom is 0.310 e. The van der Waals surface area contributed by atoms with E-state index in [1.807, 2.05) is 38.1 Å². The highest BCUT2D eigenvalue weighted by molar-refractivity contribution is 7.85. The molecule has 0 heterocycles. The van der Waals surface area contributed by atoms with Gasteiger partial charge < -0.3 is 0 Å². The molecule has 0 fully saturated rings. The summed E-state index contributed by atoms with van der Waals surface area (Å²) in [5, 5.41) is 38.9. The molecule has 0 spiro atoms. The fourth-order valence-electron chi connectivity index (χ4n) is 7.07. The molecule has 6 rings (SSSR count). The minimum absolute atomic E-state index is 0.136. The second-order valence-electron chi connectivity index (χ2n) is 14.5.